The van der Waals surface area contributed by atoms with E-state index in [-0.39, 0.29) is 5.63 Å². The molecule has 0 aliphatic heterocycles. The lowest BCUT2D eigenvalue weighted by atomic mass is 10.2. The molecule has 0 bridgehead atoms. The van der Waals surface area contributed by atoms with Gasteiger partial charge in [0.25, 0.3) is 5.19 Å². The van der Waals surface area contributed by atoms with Crippen molar-refractivity contribution in [2.45, 2.75) is 0 Å². The predicted octanol–water partition coefficient (Wildman–Crippen LogP) is 3.04. The Labute approximate surface area is 100 Å². The van der Waals surface area contributed by atoms with E-state index in [2.05, 4.69) is 4.98 Å². The molecule has 0 saturated heterocycles. The van der Waals surface area contributed by atoms with E-state index < -0.39 is 0 Å². The maximum Gasteiger partial charge on any atom is 0.336 e. The summed E-state index contributed by atoms with van der Waals surface area (Å²) in [6, 6.07) is 8.43. The summed E-state index contributed by atoms with van der Waals surface area (Å²) in [5.41, 5.74) is 0.135. The number of ether oxygens (including phenoxy) is 1. The first-order valence-corrected chi connectivity index (χ1v) is 5.80. The van der Waals surface area contributed by atoms with Crippen LogP contribution in [0.25, 0.3) is 11.0 Å². The van der Waals surface area contributed by atoms with E-state index in [1.54, 1.807) is 18.3 Å². The first-order valence-electron chi connectivity index (χ1n) is 4.92. The summed E-state index contributed by atoms with van der Waals surface area (Å²) in [7, 11) is 0. The van der Waals surface area contributed by atoms with Gasteiger partial charge >= 0.3 is 5.63 Å². The molecule has 3 rings (SSSR count). The molecule has 0 saturated carbocycles. The van der Waals surface area contributed by atoms with Gasteiger partial charge < -0.3 is 9.15 Å². The van der Waals surface area contributed by atoms with Crippen LogP contribution in [-0.2, 0) is 0 Å². The van der Waals surface area contributed by atoms with Gasteiger partial charge in [-0.15, -0.1) is 0 Å². The lowest BCUT2D eigenvalue weighted by molar-refractivity contribution is 0.476. The summed E-state index contributed by atoms with van der Waals surface area (Å²) in [5, 5.41) is 3.25. The van der Waals surface area contributed by atoms with Crippen molar-refractivity contribution in [3.8, 4) is 10.9 Å². The number of benzene rings is 1. The molecule has 0 unspecified atom stereocenters. The minimum absolute atomic E-state index is 0.371. The van der Waals surface area contributed by atoms with Gasteiger partial charge in [0.2, 0.25) is 0 Å². The molecule has 5 heteroatoms. The summed E-state index contributed by atoms with van der Waals surface area (Å²) in [6.07, 6.45) is 1.67. The Morgan fingerprint density at radius 2 is 2.12 bits per heavy atom. The van der Waals surface area contributed by atoms with E-state index in [4.69, 9.17) is 9.15 Å². The third-order valence-electron chi connectivity index (χ3n) is 2.21. The van der Waals surface area contributed by atoms with Crippen LogP contribution in [0.4, 0.5) is 0 Å². The third kappa shape index (κ3) is 2.05. The van der Waals surface area contributed by atoms with Crippen molar-refractivity contribution < 1.29 is 9.15 Å². The van der Waals surface area contributed by atoms with Gasteiger partial charge in [-0.05, 0) is 18.2 Å². The van der Waals surface area contributed by atoms with Gasteiger partial charge in [-0.1, -0.05) is 11.3 Å². The van der Waals surface area contributed by atoms with Crippen LogP contribution in [0.1, 0.15) is 0 Å². The fraction of sp³-hybridized carbons (Fsp3) is 0. The molecule has 0 fully saturated rings. The van der Waals surface area contributed by atoms with Gasteiger partial charge in [0.1, 0.15) is 11.3 Å². The molecule has 1 aromatic carbocycles. The molecule has 0 atom stereocenters. The molecule has 0 radical (unpaired) electrons. The highest BCUT2D eigenvalue weighted by Crippen LogP contribution is 2.26. The number of hydrogen-bond acceptors (Lipinski definition) is 5. The van der Waals surface area contributed by atoms with Crippen LogP contribution in [0.5, 0.6) is 10.9 Å². The van der Waals surface area contributed by atoms with Crippen molar-refractivity contribution in [2.24, 2.45) is 0 Å². The molecule has 0 aliphatic rings. The predicted molar refractivity (Wildman–Crippen MR) is 64.7 cm³/mol. The number of fused-ring (bicyclic) bond motifs is 1. The van der Waals surface area contributed by atoms with Crippen LogP contribution in [0, 0.1) is 0 Å². The van der Waals surface area contributed by atoms with E-state index >= 15 is 0 Å². The topological polar surface area (TPSA) is 52.3 Å². The van der Waals surface area contributed by atoms with E-state index in [1.165, 1.54) is 17.4 Å². The van der Waals surface area contributed by atoms with E-state index in [9.17, 15) is 4.79 Å². The highest BCUT2D eigenvalue weighted by molar-refractivity contribution is 7.11. The normalized spacial score (nSPS) is 10.6. The average molecular weight is 245 g/mol. The van der Waals surface area contributed by atoms with Crippen LogP contribution in [-0.4, -0.2) is 4.98 Å². The number of thiazole rings is 1. The van der Waals surface area contributed by atoms with Gasteiger partial charge in [0.05, 0.1) is 0 Å². The van der Waals surface area contributed by atoms with E-state index in [1.807, 2.05) is 17.5 Å². The number of aromatic nitrogens is 1. The Kier molecular flexibility index (Phi) is 2.38. The molecule has 2 aromatic heterocycles. The highest BCUT2D eigenvalue weighted by atomic mass is 32.1. The minimum Gasteiger partial charge on any atom is -0.431 e. The van der Waals surface area contributed by atoms with Crippen LogP contribution in [0.2, 0.25) is 0 Å². The van der Waals surface area contributed by atoms with Gasteiger partial charge in [-0.3, -0.25) is 0 Å². The third-order valence-corrected chi connectivity index (χ3v) is 2.86. The molecule has 2 heterocycles. The van der Waals surface area contributed by atoms with Crippen LogP contribution in [0.3, 0.4) is 0 Å². The minimum atomic E-state index is -0.371. The van der Waals surface area contributed by atoms with Crippen molar-refractivity contribution in [1.29, 1.82) is 0 Å². The maximum atomic E-state index is 11.1. The van der Waals surface area contributed by atoms with Crippen molar-refractivity contribution in [3.05, 3.63) is 52.3 Å². The molecule has 0 spiro atoms. The van der Waals surface area contributed by atoms with Crippen molar-refractivity contribution in [2.75, 3.05) is 0 Å². The van der Waals surface area contributed by atoms with E-state index in [0.29, 0.717) is 16.5 Å². The highest BCUT2D eigenvalue weighted by Gasteiger charge is 2.02. The monoisotopic (exact) mass is 245 g/mol. The maximum absolute atomic E-state index is 11.1. The summed E-state index contributed by atoms with van der Waals surface area (Å²) in [6.45, 7) is 0. The standard InChI is InChI=1S/C12H7NO3S/c14-11-4-2-8-1-3-9(7-10(8)16-11)15-12-13-5-6-17-12/h1-7H. The van der Waals surface area contributed by atoms with Gasteiger partial charge in [0, 0.05) is 29.1 Å². The SMILES string of the molecule is O=c1ccc2ccc(Oc3nccs3)cc2o1. The summed E-state index contributed by atoms with van der Waals surface area (Å²) in [4.78, 5) is 15.1. The summed E-state index contributed by atoms with van der Waals surface area (Å²) >= 11 is 1.40. The fourth-order valence-corrected chi connectivity index (χ4v) is 1.97. The number of rotatable bonds is 2. The lowest BCUT2D eigenvalue weighted by Gasteiger charge is -2.02. The van der Waals surface area contributed by atoms with Gasteiger partial charge in [-0.2, -0.15) is 0 Å². The molecule has 0 N–H and O–H groups in total. The van der Waals surface area contributed by atoms with E-state index in [0.717, 1.165) is 5.39 Å². The molecule has 4 nitrogen and oxygen atoms in total. The van der Waals surface area contributed by atoms with Gasteiger partial charge in [-0.25, -0.2) is 9.78 Å². The molecular formula is C12H7NO3S. The summed E-state index contributed by atoms with van der Waals surface area (Å²) in [5.74, 6) is 0.599. The Hall–Kier alpha value is -2.14. The Balaban J connectivity index is 2.04. The molecule has 0 amide bonds. The fourth-order valence-electron chi connectivity index (χ4n) is 1.47. The van der Waals surface area contributed by atoms with Crippen LogP contribution >= 0.6 is 11.3 Å². The van der Waals surface area contributed by atoms with Crippen molar-refractivity contribution in [1.82, 2.24) is 4.98 Å². The molecule has 3 aromatic rings. The van der Waals surface area contributed by atoms with Crippen molar-refractivity contribution in [3.63, 3.8) is 0 Å². The molecule has 84 valence electrons. The number of nitrogens with zero attached hydrogens (tertiary/aromatic N) is 1. The lowest BCUT2D eigenvalue weighted by Crippen LogP contribution is -1.94. The molecule has 17 heavy (non-hydrogen) atoms. The quantitative estimate of drug-likeness (QED) is 0.651. The largest absolute Gasteiger partial charge is 0.431 e. The second-order valence-corrected chi connectivity index (χ2v) is 4.21. The average Bonchev–Trinajstić information content (AvgIpc) is 2.81. The molecule has 0 aliphatic carbocycles. The van der Waals surface area contributed by atoms with Crippen LogP contribution in [0.15, 0.2) is 51.1 Å². The Morgan fingerprint density at radius 1 is 1.24 bits per heavy atom. The first kappa shape index (κ1) is 10.0. The zero-order chi connectivity index (χ0) is 11.7. The molecular weight excluding hydrogens is 238 g/mol. The second-order valence-electron chi connectivity index (χ2n) is 3.35. The first-order chi connectivity index (χ1) is 8.31. The van der Waals surface area contributed by atoms with Crippen molar-refractivity contribution >= 4 is 22.3 Å². The Bertz CT molecular complexity index is 703. The smallest absolute Gasteiger partial charge is 0.336 e. The number of hydrogen-bond donors (Lipinski definition) is 0. The zero-order valence-electron chi connectivity index (χ0n) is 8.62. The van der Waals surface area contributed by atoms with Crippen LogP contribution < -0.4 is 10.4 Å². The van der Waals surface area contributed by atoms with Gasteiger partial charge in [0.15, 0.2) is 0 Å². The zero-order valence-corrected chi connectivity index (χ0v) is 9.44. The Morgan fingerprint density at radius 3 is 2.94 bits per heavy atom. The second kappa shape index (κ2) is 4.03. The summed E-state index contributed by atoms with van der Waals surface area (Å²) < 4.78 is 10.6.